The molecule has 0 bridgehead atoms. The van der Waals surface area contributed by atoms with Gasteiger partial charge in [-0.3, -0.25) is 4.79 Å². The fraction of sp³-hybridized carbons (Fsp3) is 0.320. The van der Waals surface area contributed by atoms with Crippen LogP contribution < -0.4 is 5.32 Å². The van der Waals surface area contributed by atoms with Crippen molar-refractivity contribution in [2.24, 2.45) is 0 Å². The smallest absolute Gasteiger partial charge is 0.253 e. The van der Waals surface area contributed by atoms with E-state index < -0.39 is 0 Å². The van der Waals surface area contributed by atoms with E-state index in [9.17, 15) is 4.79 Å². The van der Waals surface area contributed by atoms with Crippen LogP contribution in [0.3, 0.4) is 0 Å². The van der Waals surface area contributed by atoms with Crippen molar-refractivity contribution in [3.63, 3.8) is 0 Å². The summed E-state index contributed by atoms with van der Waals surface area (Å²) in [6.45, 7) is 7.04. The second-order valence-corrected chi connectivity index (χ2v) is 7.38. The van der Waals surface area contributed by atoms with Crippen molar-refractivity contribution in [1.29, 1.82) is 0 Å². The first-order chi connectivity index (χ1) is 13.6. The van der Waals surface area contributed by atoms with Crippen LogP contribution in [0.25, 0.3) is 16.9 Å². The zero-order chi connectivity index (χ0) is 19.9. The molecule has 146 valence electrons. The lowest BCUT2D eigenvalue weighted by molar-refractivity contribution is 0.0952. The molecule has 1 aromatic heterocycles. The van der Waals surface area contributed by atoms with E-state index in [0.29, 0.717) is 0 Å². The number of rotatable bonds is 8. The molecule has 0 aliphatic heterocycles. The molecule has 0 radical (unpaired) electrons. The quantitative estimate of drug-likeness (QED) is 0.477. The van der Waals surface area contributed by atoms with Crippen LogP contribution in [0, 0.1) is 13.8 Å². The zero-order valence-electron chi connectivity index (χ0n) is 17.2. The Morgan fingerprint density at radius 3 is 2.32 bits per heavy atom. The van der Waals surface area contributed by atoms with Crippen LogP contribution in [0.2, 0.25) is 0 Å². The summed E-state index contributed by atoms with van der Waals surface area (Å²) < 4.78 is 2.18. The molecular formula is C25H30N2O. The molecule has 0 saturated heterocycles. The van der Waals surface area contributed by atoms with Crippen LogP contribution in [0.5, 0.6) is 0 Å². The molecule has 0 fully saturated rings. The number of amides is 1. The Morgan fingerprint density at radius 1 is 0.929 bits per heavy atom. The molecule has 0 saturated carbocycles. The average Bonchev–Trinajstić information content (AvgIpc) is 3.06. The third-order valence-corrected chi connectivity index (χ3v) is 5.17. The number of carbonyl (C=O) groups excluding carboxylic acids is 1. The maximum Gasteiger partial charge on any atom is 0.253 e. The van der Waals surface area contributed by atoms with Crippen molar-refractivity contribution in [2.45, 2.75) is 46.5 Å². The minimum Gasteiger partial charge on any atom is -0.352 e. The molecule has 1 amide bonds. The summed E-state index contributed by atoms with van der Waals surface area (Å²) in [5.41, 5.74) is 6.15. The lowest BCUT2D eigenvalue weighted by Crippen LogP contribution is -2.24. The van der Waals surface area contributed by atoms with E-state index in [1.54, 1.807) is 0 Å². The number of benzene rings is 2. The number of hydrogen-bond donors (Lipinski definition) is 1. The summed E-state index contributed by atoms with van der Waals surface area (Å²) >= 11 is 0. The molecule has 0 unspecified atom stereocenters. The third-order valence-electron chi connectivity index (χ3n) is 5.17. The number of aryl methyl sites for hydroxylation is 1. The summed E-state index contributed by atoms with van der Waals surface area (Å²) in [4.78, 5) is 12.9. The summed E-state index contributed by atoms with van der Waals surface area (Å²) in [6, 6.07) is 20.7. The molecule has 3 heteroatoms. The van der Waals surface area contributed by atoms with Crippen molar-refractivity contribution in [3.8, 4) is 16.9 Å². The van der Waals surface area contributed by atoms with Crippen LogP contribution >= 0.6 is 0 Å². The lowest BCUT2D eigenvalue weighted by atomic mass is 10.1. The van der Waals surface area contributed by atoms with E-state index in [1.165, 1.54) is 18.4 Å². The largest absolute Gasteiger partial charge is 0.352 e. The second kappa shape index (κ2) is 9.41. The Kier molecular flexibility index (Phi) is 6.70. The van der Waals surface area contributed by atoms with Gasteiger partial charge in [0.05, 0.1) is 11.3 Å². The topological polar surface area (TPSA) is 34.0 Å². The van der Waals surface area contributed by atoms with Gasteiger partial charge in [0.25, 0.3) is 5.91 Å². The molecule has 0 aliphatic rings. The molecule has 2 aromatic carbocycles. The number of aromatic nitrogens is 1. The molecule has 0 spiro atoms. The molecule has 28 heavy (non-hydrogen) atoms. The number of unbranched alkanes of at least 4 members (excludes halogenated alkanes) is 3. The number of nitrogens with one attached hydrogen (secondary N) is 1. The lowest BCUT2D eigenvalue weighted by Gasteiger charge is -2.13. The highest BCUT2D eigenvalue weighted by Gasteiger charge is 2.19. The summed E-state index contributed by atoms with van der Waals surface area (Å²) in [5.74, 6) is 0.0111. The molecular weight excluding hydrogens is 344 g/mol. The van der Waals surface area contributed by atoms with Gasteiger partial charge in [0.2, 0.25) is 0 Å². The summed E-state index contributed by atoms with van der Waals surface area (Å²) in [6.07, 6.45) is 4.61. The normalized spacial score (nSPS) is 10.8. The first kappa shape index (κ1) is 19.9. The third kappa shape index (κ3) is 4.53. The van der Waals surface area contributed by atoms with Gasteiger partial charge in [-0.1, -0.05) is 74.2 Å². The highest BCUT2D eigenvalue weighted by atomic mass is 16.1. The van der Waals surface area contributed by atoms with Gasteiger partial charge in [-0.2, -0.15) is 0 Å². The second-order valence-electron chi connectivity index (χ2n) is 7.38. The van der Waals surface area contributed by atoms with Crippen molar-refractivity contribution in [3.05, 3.63) is 77.5 Å². The van der Waals surface area contributed by atoms with Crippen LogP contribution in [-0.4, -0.2) is 17.0 Å². The number of nitrogens with zero attached hydrogens (tertiary/aromatic N) is 1. The van der Waals surface area contributed by atoms with E-state index in [0.717, 1.165) is 47.6 Å². The minimum atomic E-state index is 0.0111. The predicted molar refractivity (Wildman–Crippen MR) is 117 cm³/mol. The van der Waals surface area contributed by atoms with Gasteiger partial charge >= 0.3 is 0 Å². The van der Waals surface area contributed by atoms with Gasteiger partial charge in [-0.25, -0.2) is 0 Å². The molecule has 1 heterocycles. The minimum absolute atomic E-state index is 0.0111. The summed E-state index contributed by atoms with van der Waals surface area (Å²) in [5, 5.41) is 3.10. The van der Waals surface area contributed by atoms with E-state index in [4.69, 9.17) is 0 Å². The van der Waals surface area contributed by atoms with Crippen molar-refractivity contribution >= 4 is 5.91 Å². The van der Waals surface area contributed by atoms with Gasteiger partial charge in [0.15, 0.2) is 0 Å². The van der Waals surface area contributed by atoms with Crippen molar-refractivity contribution in [1.82, 2.24) is 9.88 Å². The first-order valence-electron chi connectivity index (χ1n) is 10.2. The van der Waals surface area contributed by atoms with Gasteiger partial charge in [-0.05, 0) is 44.0 Å². The van der Waals surface area contributed by atoms with Gasteiger partial charge in [-0.15, -0.1) is 0 Å². The highest BCUT2D eigenvalue weighted by Crippen LogP contribution is 2.29. The molecule has 1 N–H and O–H groups in total. The van der Waals surface area contributed by atoms with Crippen molar-refractivity contribution in [2.75, 3.05) is 6.54 Å². The molecule has 3 aromatic rings. The first-order valence-corrected chi connectivity index (χ1v) is 10.2. The SMILES string of the molecule is CCCCCCNC(=O)c1cc(-c2ccccc2)n(-c2ccc(C)cc2)c1C. The maximum atomic E-state index is 12.9. The monoisotopic (exact) mass is 374 g/mol. The van der Waals surface area contributed by atoms with Gasteiger partial charge in [0, 0.05) is 17.9 Å². The molecule has 0 atom stereocenters. The maximum absolute atomic E-state index is 12.9. The van der Waals surface area contributed by atoms with Crippen LogP contribution in [0.4, 0.5) is 0 Å². The van der Waals surface area contributed by atoms with Gasteiger partial charge in [0.1, 0.15) is 0 Å². The Bertz CT molecular complexity index is 908. The van der Waals surface area contributed by atoms with E-state index in [2.05, 4.69) is 60.1 Å². The average molecular weight is 375 g/mol. The van der Waals surface area contributed by atoms with E-state index >= 15 is 0 Å². The summed E-state index contributed by atoms with van der Waals surface area (Å²) in [7, 11) is 0. The standard InChI is InChI=1S/C25H30N2O/c1-4-5-6-10-17-26-25(28)23-18-24(21-11-8-7-9-12-21)27(20(23)3)22-15-13-19(2)14-16-22/h7-9,11-16,18H,4-6,10,17H2,1-3H3,(H,26,28). The fourth-order valence-corrected chi connectivity index (χ4v) is 3.53. The van der Waals surface area contributed by atoms with E-state index in [-0.39, 0.29) is 5.91 Å². The molecule has 3 rings (SSSR count). The Labute approximate surface area is 168 Å². The Hall–Kier alpha value is -2.81. The predicted octanol–water partition coefficient (Wildman–Crippen LogP) is 6.07. The van der Waals surface area contributed by atoms with E-state index in [1.807, 2.05) is 31.2 Å². The molecule has 0 aliphatic carbocycles. The van der Waals surface area contributed by atoms with Gasteiger partial charge < -0.3 is 9.88 Å². The van der Waals surface area contributed by atoms with Crippen LogP contribution in [-0.2, 0) is 0 Å². The fourth-order valence-electron chi connectivity index (χ4n) is 3.53. The Morgan fingerprint density at radius 2 is 1.64 bits per heavy atom. The van der Waals surface area contributed by atoms with Crippen LogP contribution in [0.1, 0.15) is 54.2 Å². The number of hydrogen-bond acceptors (Lipinski definition) is 1. The molecule has 3 nitrogen and oxygen atoms in total. The van der Waals surface area contributed by atoms with Crippen LogP contribution in [0.15, 0.2) is 60.7 Å². The zero-order valence-corrected chi connectivity index (χ0v) is 17.2. The Balaban J connectivity index is 1.94. The van der Waals surface area contributed by atoms with Crippen molar-refractivity contribution < 1.29 is 4.79 Å². The number of carbonyl (C=O) groups is 1. The highest BCUT2D eigenvalue weighted by molar-refractivity contribution is 5.97.